The molecular formula is C29H22N4O5S. The van der Waals surface area contributed by atoms with E-state index in [9.17, 15) is 14.7 Å². The molecule has 0 spiro atoms. The minimum absolute atomic E-state index is 0.171. The first-order chi connectivity index (χ1) is 19.0. The Bertz CT molecular complexity index is 1580. The SMILES string of the molecule is COc1ccc(-[n+]2noc([O-])c2C(=O)CSC2=N/C(=C/C=C/c3ccccc3)C(=O)N2c2ccccc2)cc1. The van der Waals surface area contributed by atoms with Crippen molar-refractivity contribution in [2.45, 2.75) is 0 Å². The van der Waals surface area contributed by atoms with Crippen LogP contribution >= 0.6 is 11.8 Å². The van der Waals surface area contributed by atoms with Crippen molar-refractivity contribution in [3.8, 4) is 17.4 Å². The van der Waals surface area contributed by atoms with Crippen LogP contribution in [0.2, 0.25) is 0 Å². The third kappa shape index (κ3) is 5.65. The maximum atomic E-state index is 13.3. The summed E-state index contributed by atoms with van der Waals surface area (Å²) in [6.45, 7) is 0. The Hall–Kier alpha value is -4.96. The molecule has 0 saturated carbocycles. The van der Waals surface area contributed by atoms with Gasteiger partial charge in [0, 0.05) is 12.1 Å². The number of nitrogens with zero attached hydrogens (tertiary/aromatic N) is 4. The number of aromatic nitrogens is 2. The van der Waals surface area contributed by atoms with Crippen LogP contribution in [0.15, 0.2) is 112 Å². The molecule has 0 saturated heterocycles. The van der Waals surface area contributed by atoms with Gasteiger partial charge in [0.05, 0.1) is 23.8 Å². The molecule has 1 aliphatic heterocycles. The molecule has 1 amide bonds. The molecule has 9 nitrogen and oxygen atoms in total. The Balaban J connectivity index is 1.39. The van der Waals surface area contributed by atoms with Gasteiger partial charge in [0.25, 0.3) is 5.91 Å². The van der Waals surface area contributed by atoms with Crippen molar-refractivity contribution in [1.82, 2.24) is 5.27 Å². The number of amidine groups is 1. The average Bonchev–Trinajstić information content (AvgIpc) is 3.52. The van der Waals surface area contributed by atoms with Crippen LogP contribution in [0.3, 0.4) is 0 Å². The van der Waals surface area contributed by atoms with Crippen molar-refractivity contribution in [1.29, 1.82) is 0 Å². The lowest BCUT2D eigenvalue weighted by molar-refractivity contribution is -0.672. The topological polar surface area (TPSA) is 112 Å². The lowest BCUT2D eigenvalue weighted by Gasteiger charge is -2.17. The van der Waals surface area contributed by atoms with Gasteiger partial charge >= 0.3 is 5.69 Å². The highest BCUT2D eigenvalue weighted by Crippen LogP contribution is 2.29. The van der Waals surface area contributed by atoms with Crippen LogP contribution in [0.4, 0.5) is 5.69 Å². The number of para-hydroxylation sites is 1. The number of benzene rings is 3. The molecule has 0 fully saturated rings. The van der Waals surface area contributed by atoms with Gasteiger partial charge in [0.2, 0.25) is 11.5 Å². The summed E-state index contributed by atoms with van der Waals surface area (Å²) in [7, 11) is 1.54. The predicted molar refractivity (Wildman–Crippen MR) is 146 cm³/mol. The second-order valence-corrected chi connectivity index (χ2v) is 9.17. The van der Waals surface area contributed by atoms with E-state index in [1.54, 1.807) is 48.6 Å². The molecule has 0 aliphatic carbocycles. The summed E-state index contributed by atoms with van der Waals surface area (Å²) >= 11 is 1.05. The van der Waals surface area contributed by atoms with Crippen molar-refractivity contribution >= 4 is 40.4 Å². The van der Waals surface area contributed by atoms with Gasteiger partial charge in [-0.05, 0) is 40.6 Å². The zero-order chi connectivity index (χ0) is 27.2. The number of thioether (sulfide) groups is 1. The van der Waals surface area contributed by atoms with Crippen LogP contribution < -0.4 is 19.4 Å². The number of hydrogen-bond acceptors (Lipinski definition) is 8. The molecule has 3 aromatic carbocycles. The van der Waals surface area contributed by atoms with Crippen molar-refractivity contribution in [2.24, 2.45) is 4.99 Å². The number of rotatable bonds is 8. The van der Waals surface area contributed by atoms with E-state index in [-0.39, 0.29) is 23.1 Å². The normalized spacial score (nSPS) is 14.3. The fourth-order valence-corrected chi connectivity index (χ4v) is 4.68. The number of methoxy groups -OCH3 is 1. The minimum atomic E-state index is -0.854. The van der Waals surface area contributed by atoms with E-state index >= 15 is 0 Å². The number of ketones is 1. The molecule has 0 unspecified atom stereocenters. The van der Waals surface area contributed by atoms with Gasteiger partial charge in [-0.15, -0.1) is 0 Å². The highest BCUT2D eigenvalue weighted by molar-refractivity contribution is 8.14. The summed E-state index contributed by atoms with van der Waals surface area (Å²) in [6, 6.07) is 25.4. The molecule has 10 heteroatoms. The average molecular weight is 539 g/mol. The zero-order valence-corrected chi connectivity index (χ0v) is 21.6. The van der Waals surface area contributed by atoms with E-state index in [4.69, 9.17) is 9.26 Å². The maximum absolute atomic E-state index is 13.3. The Kier molecular flexibility index (Phi) is 7.65. The van der Waals surface area contributed by atoms with Crippen molar-refractivity contribution < 1.29 is 28.6 Å². The van der Waals surface area contributed by atoms with Gasteiger partial charge in [0.15, 0.2) is 11.1 Å². The van der Waals surface area contributed by atoms with Gasteiger partial charge in [-0.25, -0.2) is 4.99 Å². The van der Waals surface area contributed by atoms with Crippen LogP contribution in [-0.4, -0.2) is 35.0 Å². The van der Waals surface area contributed by atoms with Crippen molar-refractivity contribution in [3.63, 3.8) is 0 Å². The van der Waals surface area contributed by atoms with Crippen LogP contribution in [0.25, 0.3) is 11.8 Å². The molecule has 39 heavy (non-hydrogen) atoms. The fourth-order valence-electron chi connectivity index (χ4n) is 3.81. The molecule has 0 radical (unpaired) electrons. The fraction of sp³-hybridized carbons (Fsp3) is 0.0690. The minimum Gasteiger partial charge on any atom is -0.539 e. The number of carbonyl (C=O) groups is 2. The van der Waals surface area contributed by atoms with Crippen LogP contribution in [-0.2, 0) is 4.79 Å². The van der Waals surface area contributed by atoms with Crippen LogP contribution in [0.5, 0.6) is 11.7 Å². The van der Waals surface area contributed by atoms with Gasteiger partial charge < -0.3 is 14.4 Å². The molecule has 1 aromatic heterocycles. The first-order valence-corrected chi connectivity index (χ1v) is 12.8. The van der Waals surface area contributed by atoms with E-state index in [1.807, 2.05) is 54.6 Å². The molecule has 0 atom stereocenters. The highest BCUT2D eigenvalue weighted by Gasteiger charge is 2.34. The number of aliphatic imine (C=N–C) groups is 1. The van der Waals surface area contributed by atoms with E-state index in [0.29, 0.717) is 22.3 Å². The van der Waals surface area contributed by atoms with Gasteiger partial charge in [0.1, 0.15) is 11.4 Å². The summed E-state index contributed by atoms with van der Waals surface area (Å²) < 4.78 is 11.1. The van der Waals surface area contributed by atoms with Crippen LogP contribution in [0.1, 0.15) is 16.1 Å². The molecule has 0 bridgehead atoms. The number of allylic oxidation sites excluding steroid dienone is 2. The standard InChI is InChI=1S/C29H22N4O5S/c1-37-23-17-15-22(16-18-23)33-26(28(36)38-31-33)25(34)19-39-29-30-24(14-8-11-20-9-4-2-5-10-20)27(35)32(29)21-12-6-3-7-13-21/h2-18H,19H2,1H3/b11-8+,24-14+. The lowest BCUT2D eigenvalue weighted by Crippen LogP contribution is -2.39. The molecule has 194 valence electrons. The Morgan fingerprint density at radius 2 is 1.74 bits per heavy atom. The number of ether oxygens (including phenoxy) is 1. The first-order valence-electron chi connectivity index (χ1n) is 11.9. The molecule has 1 aliphatic rings. The largest absolute Gasteiger partial charge is 0.539 e. The monoisotopic (exact) mass is 538 g/mol. The molecule has 0 N–H and O–H groups in total. The van der Waals surface area contributed by atoms with E-state index in [2.05, 4.69) is 10.3 Å². The van der Waals surface area contributed by atoms with Crippen LogP contribution in [0, 0.1) is 0 Å². The number of carbonyl (C=O) groups excluding carboxylic acids is 2. The van der Waals surface area contributed by atoms with Gasteiger partial charge in [-0.2, -0.15) is 0 Å². The Morgan fingerprint density at radius 1 is 1.05 bits per heavy atom. The molecule has 2 heterocycles. The van der Waals surface area contributed by atoms with E-state index in [1.165, 1.54) is 12.0 Å². The molecule has 5 rings (SSSR count). The summed E-state index contributed by atoms with van der Waals surface area (Å²) in [5.74, 6) is -1.26. The smallest absolute Gasteiger partial charge is 0.307 e. The summed E-state index contributed by atoms with van der Waals surface area (Å²) in [6.07, 6.45) is 5.26. The summed E-state index contributed by atoms with van der Waals surface area (Å²) in [5, 5.41) is 16.4. The maximum Gasteiger partial charge on any atom is 0.307 e. The zero-order valence-electron chi connectivity index (χ0n) is 20.8. The predicted octanol–water partition coefficient (Wildman–Crippen LogP) is 3.95. The summed E-state index contributed by atoms with van der Waals surface area (Å²) in [5.41, 5.74) is 2.05. The Morgan fingerprint density at radius 3 is 2.44 bits per heavy atom. The summed E-state index contributed by atoms with van der Waals surface area (Å²) in [4.78, 5) is 32.4. The quantitative estimate of drug-likeness (QED) is 0.190. The number of anilines is 1. The van der Waals surface area contributed by atoms with Gasteiger partial charge in [-0.3, -0.25) is 14.5 Å². The first kappa shape index (κ1) is 25.7. The van der Waals surface area contributed by atoms with Crippen molar-refractivity contribution in [2.75, 3.05) is 17.8 Å². The van der Waals surface area contributed by atoms with Gasteiger partial charge in [-0.1, -0.05) is 72.4 Å². The van der Waals surface area contributed by atoms with E-state index < -0.39 is 11.7 Å². The second-order valence-electron chi connectivity index (χ2n) is 8.22. The number of amides is 1. The second kappa shape index (κ2) is 11.6. The third-order valence-corrected chi connectivity index (χ3v) is 6.65. The number of Topliss-reactive ketones (excluding diaryl/α,β-unsaturated/α-hetero) is 1. The number of hydrogen-bond donors (Lipinski definition) is 0. The van der Waals surface area contributed by atoms with E-state index in [0.717, 1.165) is 22.0 Å². The third-order valence-electron chi connectivity index (χ3n) is 5.71. The molecule has 4 aromatic rings. The highest BCUT2D eigenvalue weighted by atomic mass is 32.2. The van der Waals surface area contributed by atoms with Crippen molar-refractivity contribution in [3.05, 3.63) is 114 Å². The Labute approximate surface area is 228 Å². The lowest BCUT2D eigenvalue weighted by atomic mass is 10.2. The molecular weight excluding hydrogens is 516 g/mol.